The highest BCUT2D eigenvalue weighted by molar-refractivity contribution is 5.73. The molecule has 0 bridgehead atoms. The minimum atomic E-state index is -3.04. The van der Waals surface area contributed by atoms with Gasteiger partial charge in [-0.1, -0.05) is 12.1 Å². The van der Waals surface area contributed by atoms with Gasteiger partial charge in [0.05, 0.1) is 14.2 Å². The Morgan fingerprint density at radius 3 is 2.35 bits per heavy atom. The van der Waals surface area contributed by atoms with Crippen molar-refractivity contribution < 1.29 is 27.8 Å². The van der Waals surface area contributed by atoms with Gasteiger partial charge in [0.25, 0.3) is 0 Å². The van der Waals surface area contributed by atoms with Crippen molar-refractivity contribution in [1.29, 1.82) is 0 Å². The first-order chi connectivity index (χ1) is 12.5. The van der Waals surface area contributed by atoms with Crippen molar-refractivity contribution in [3.8, 4) is 11.5 Å². The van der Waals surface area contributed by atoms with E-state index in [2.05, 4.69) is 9.64 Å². The summed E-state index contributed by atoms with van der Waals surface area (Å²) in [6, 6.07) is 7.87. The molecule has 0 N–H and O–H groups in total. The second kappa shape index (κ2) is 9.52. The Morgan fingerprint density at radius 1 is 1.19 bits per heavy atom. The molecule has 1 saturated heterocycles. The van der Waals surface area contributed by atoms with Crippen LogP contribution >= 0.6 is 0 Å². The number of hydrogen-bond donors (Lipinski definition) is 0. The Kier molecular flexibility index (Phi) is 7.38. The third kappa shape index (κ3) is 5.17. The van der Waals surface area contributed by atoms with Crippen LogP contribution in [0.4, 0.5) is 8.78 Å². The van der Waals surface area contributed by atoms with Crippen LogP contribution in [-0.4, -0.2) is 51.1 Å². The summed E-state index contributed by atoms with van der Waals surface area (Å²) < 4.78 is 38.7. The number of alkyl halides is 2. The van der Waals surface area contributed by atoms with Gasteiger partial charge in [0.2, 0.25) is 0 Å². The SMILES string of the molecule is CN1CCC2CC=C(OC(=O)C(F)F)CC21.COc1ccccc1OC. The average molecular weight is 369 g/mol. The summed E-state index contributed by atoms with van der Waals surface area (Å²) in [7, 11) is 5.26. The number of hydrogen-bond acceptors (Lipinski definition) is 5. The number of allylic oxidation sites excluding steroid dienone is 1. The lowest BCUT2D eigenvalue weighted by Gasteiger charge is -2.28. The highest BCUT2D eigenvalue weighted by Gasteiger charge is 2.35. The highest BCUT2D eigenvalue weighted by Crippen LogP contribution is 2.35. The van der Waals surface area contributed by atoms with Gasteiger partial charge in [0.1, 0.15) is 5.76 Å². The molecule has 144 valence electrons. The monoisotopic (exact) mass is 369 g/mol. The molecule has 1 aromatic carbocycles. The fourth-order valence-corrected chi connectivity index (χ4v) is 3.30. The van der Waals surface area contributed by atoms with E-state index in [9.17, 15) is 13.6 Å². The van der Waals surface area contributed by atoms with Gasteiger partial charge in [-0.2, -0.15) is 8.78 Å². The Labute approximate surface area is 152 Å². The van der Waals surface area contributed by atoms with Gasteiger partial charge >= 0.3 is 12.4 Å². The Balaban J connectivity index is 0.000000209. The fraction of sp³-hybridized carbons (Fsp3) is 0.526. The minimum Gasteiger partial charge on any atom is -0.493 e. The molecule has 0 spiro atoms. The Morgan fingerprint density at radius 2 is 1.81 bits per heavy atom. The largest absolute Gasteiger partial charge is 0.493 e. The number of halogens is 2. The summed E-state index contributed by atoms with van der Waals surface area (Å²) in [5, 5.41) is 0. The first-order valence-electron chi connectivity index (χ1n) is 8.52. The molecule has 7 heteroatoms. The van der Waals surface area contributed by atoms with Gasteiger partial charge in [0, 0.05) is 12.5 Å². The molecule has 5 nitrogen and oxygen atoms in total. The molecule has 2 unspecified atom stereocenters. The minimum absolute atomic E-state index is 0.338. The van der Waals surface area contributed by atoms with E-state index in [-0.39, 0.29) is 0 Å². The highest BCUT2D eigenvalue weighted by atomic mass is 19.3. The van der Waals surface area contributed by atoms with Gasteiger partial charge < -0.3 is 19.1 Å². The van der Waals surface area contributed by atoms with Crippen molar-refractivity contribution in [3.05, 3.63) is 36.1 Å². The van der Waals surface area contributed by atoms with E-state index in [1.54, 1.807) is 20.3 Å². The molecule has 2 aliphatic rings. The number of likely N-dealkylation sites (tertiary alicyclic amines) is 1. The predicted octanol–water partition coefficient (Wildman–Crippen LogP) is 3.50. The molecule has 1 fully saturated rings. The maximum atomic E-state index is 12.0. The second-order valence-corrected chi connectivity index (χ2v) is 6.28. The first-order valence-corrected chi connectivity index (χ1v) is 8.52. The quantitative estimate of drug-likeness (QED) is 0.761. The van der Waals surface area contributed by atoms with Crippen LogP contribution in [-0.2, 0) is 9.53 Å². The molecule has 3 rings (SSSR count). The van der Waals surface area contributed by atoms with Crippen molar-refractivity contribution in [2.45, 2.75) is 31.7 Å². The van der Waals surface area contributed by atoms with E-state index in [0.29, 0.717) is 24.1 Å². The topological polar surface area (TPSA) is 48.0 Å². The zero-order valence-corrected chi connectivity index (χ0v) is 15.3. The molecule has 0 amide bonds. The van der Waals surface area contributed by atoms with Crippen molar-refractivity contribution in [2.75, 3.05) is 27.8 Å². The maximum absolute atomic E-state index is 12.0. The number of rotatable bonds is 4. The van der Waals surface area contributed by atoms with Gasteiger partial charge in [-0.25, -0.2) is 4.79 Å². The number of methoxy groups -OCH3 is 2. The number of carbonyl (C=O) groups is 1. The van der Waals surface area contributed by atoms with Gasteiger partial charge in [0.15, 0.2) is 11.5 Å². The summed E-state index contributed by atoms with van der Waals surface area (Å²) in [4.78, 5) is 13.0. The van der Waals surface area contributed by atoms with E-state index in [1.165, 1.54) is 0 Å². The summed E-state index contributed by atoms with van der Waals surface area (Å²) in [6.45, 7) is 1.03. The third-order valence-corrected chi connectivity index (χ3v) is 4.72. The van der Waals surface area contributed by atoms with E-state index >= 15 is 0 Å². The molecule has 1 aliphatic heterocycles. The van der Waals surface area contributed by atoms with Crippen LogP contribution in [0.25, 0.3) is 0 Å². The van der Waals surface area contributed by atoms with Gasteiger partial charge in [-0.05, 0) is 50.6 Å². The third-order valence-electron chi connectivity index (χ3n) is 4.72. The lowest BCUT2D eigenvalue weighted by Crippen LogP contribution is -2.32. The van der Waals surface area contributed by atoms with Crippen LogP contribution in [0.2, 0.25) is 0 Å². The van der Waals surface area contributed by atoms with E-state index < -0.39 is 12.4 Å². The number of ether oxygens (including phenoxy) is 3. The van der Waals surface area contributed by atoms with Crippen molar-refractivity contribution in [1.82, 2.24) is 4.90 Å². The number of fused-ring (bicyclic) bond motifs is 1. The van der Waals surface area contributed by atoms with E-state index in [4.69, 9.17) is 9.47 Å². The van der Waals surface area contributed by atoms with Gasteiger partial charge in [-0.3, -0.25) is 0 Å². The number of nitrogens with zero attached hydrogens (tertiary/aromatic N) is 1. The van der Waals surface area contributed by atoms with E-state index in [0.717, 1.165) is 30.9 Å². The summed E-state index contributed by atoms with van der Waals surface area (Å²) in [6.07, 6.45) is 1.26. The molecule has 26 heavy (non-hydrogen) atoms. The second-order valence-electron chi connectivity index (χ2n) is 6.28. The predicted molar refractivity (Wildman–Crippen MR) is 93.5 cm³/mol. The molecule has 0 radical (unpaired) electrons. The van der Waals surface area contributed by atoms with Crippen LogP contribution < -0.4 is 9.47 Å². The van der Waals surface area contributed by atoms with E-state index in [1.807, 2.05) is 31.3 Å². The molecule has 0 aromatic heterocycles. The number of esters is 1. The molecule has 1 aliphatic carbocycles. The molecular weight excluding hydrogens is 344 g/mol. The average Bonchev–Trinajstić information content (AvgIpc) is 3.02. The Bertz CT molecular complexity index is 613. The normalized spacial score (nSPS) is 22.0. The van der Waals surface area contributed by atoms with Crippen LogP contribution in [0.5, 0.6) is 11.5 Å². The lowest BCUT2D eigenvalue weighted by molar-refractivity contribution is -0.152. The van der Waals surface area contributed by atoms with Gasteiger partial charge in [-0.15, -0.1) is 0 Å². The number of para-hydroxylation sites is 2. The van der Waals surface area contributed by atoms with Crippen molar-refractivity contribution in [3.63, 3.8) is 0 Å². The molecule has 1 heterocycles. The standard InChI is InChI=1S/C11H15F2NO2.C8H10O2/c1-14-5-4-7-2-3-8(6-9(7)14)16-11(15)10(12)13;1-9-7-5-3-4-6-8(7)10-2/h3,7,9-10H,2,4-6H2,1H3;3-6H,1-2H3. The number of carbonyl (C=O) groups excluding carboxylic acids is 1. The molecular formula is C19H25F2NO4. The molecule has 0 saturated carbocycles. The van der Waals surface area contributed by atoms with Crippen molar-refractivity contribution >= 4 is 5.97 Å². The maximum Gasteiger partial charge on any atom is 0.378 e. The zero-order valence-electron chi connectivity index (χ0n) is 15.3. The summed E-state index contributed by atoms with van der Waals surface area (Å²) >= 11 is 0. The molecule has 2 atom stereocenters. The fourth-order valence-electron chi connectivity index (χ4n) is 3.30. The van der Waals surface area contributed by atoms with Crippen LogP contribution in [0.1, 0.15) is 19.3 Å². The van der Waals surface area contributed by atoms with Crippen LogP contribution in [0.3, 0.4) is 0 Å². The van der Waals surface area contributed by atoms with Crippen molar-refractivity contribution in [2.24, 2.45) is 5.92 Å². The smallest absolute Gasteiger partial charge is 0.378 e. The molecule has 1 aromatic rings. The zero-order chi connectivity index (χ0) is 19.1. The van der Waals surface area contributed by atoms with Crippen LogP contribution in [0, 0.1) is 5.92 Å². The summed E-state index contributed by atoms with van der Waals surface area (Å²) in [5.74, 6) is 1.08. The van der Waals surface area contributed by atoms with Crippen LogP contribution in [0.15, 0.2) is 36.1 Å². The first kappa shape index (κ1) is 20.2. The number of benzene rings is 1. The lowest BCUT2D eigenvalue weighted by atomic mass is 9.89. The summed E-state index contributed by atoms with van der Waals surface area (Å²) in [5.41, 5.74) is 0. The Hall–Kier alpha value is -2.15.